The zero-order valence-electron chi connectivity index (χ0n) is 14.2. The van der Waals surface area contributed by atoms with Crippen molar-refractivity contribution in [1.82, 2.24) is 29.4 Å². The molecule has 0 aliphatic carbocycles. The van der Waals surface area contributed by atoms with Gasteiger partial charge < -0.3 is 10.2 Å². The van der Waals surface area contributed by atoms with Gasteiger partial charge in [-0.15, -0.1) is 5.10 Å². The van der Waals surface area contributed by atoms with Gasteiger partial charge in [0.2, 0.25) is 0 Å². The molecule has 0 spiro atoms. The van der Waals surface area contributed by atoms with Crippen molar-refractivity contribution in [1.29, 1.82) is 0 Å². The van der Waals surface area contributed by atoms with Gasteiger partial charge in [-0.25, -0.2) is 9.67 Å². The van der Waals surface area contributed by atoms with E-state index < -0.39 is 5.91 Å². The Morgan fingerprint density at radius 2 is 2.04 bits per heavy atom. The first kappa shape index (κ1) is 16.0. The molecule has 0 radical (unpaired) electrons. The van der Waals surface area contributed by atoms with Gasteiger partial charge in [0, 0.05) is 38.6 Å². The van der Waals surface area contributed by atoms with Crippen molar-refractivity contribution in [3.05, 3.63) is 54.1 Å². The number of aryl methyl sites for hydroxylation is 1. The van der Waals surface area contributed by atoms with Crippen LogP contribution in [-0.2, 0) is 7.05 Å². The predicted molar refractivity (Wildman–Crippen MR) is 93.0 cm³/mol. The summed E-state index contributed by atoms with van der Waals surface area (Å²) >= 11 is 0. The standard InChI is InChI=1S/C17H17N7O2/c1-22-15(12(11-19-22)17(26)23-8-4-9-23)16(25)20-13-6-10-24(21-13)14-5-2-3-7-18-14/h2-3,5-7,10-11H,4,8-9H2,1H3,(H,20,21,25). The van der Waals surface area contributed by atoms with Crippen molar-refractivity contribution in [3.63, 3.8) is 0 Å². The van der Waals surface area contributed by atoms with Crippen LogP contribution in [0.4, 0.5) is 5.82 Å². The Balaban J connectivity index is 1.55. The van der Waals surface area contributed by atoms with Gasteiger partial charge in [0.25, 0.3) is 11.8 Å². The van der Waals surface area contributed by atoms with Crippen LogP contribution < -0.4 is 5.32 Å². The van der Waals surface area contributed by atoms with Gasteiger partial charge in [0.1, 0.15) is 5.69 Å². The quantitative estimate of drug-likeness (QED) is 0.759. The van der Waals surface area contributed by atoms with E-state index in [9.17, 15) is 9.59 Å². The lowest BCUT2D eigenvalue weighted by atomic mass is 10.1. The number of hydrogen-bond acceptors (Lipinski definition) is 5. The molecule has 26 heavy (non-hydrogen) atoms. The van der Waals surface area contributed by atoms with Crippen molar-refractivity contribution in [2.75, 3.05) is 18.4 Å². The molecule has 1 aliphatic heterocycles. The predicted octanol–water partition coefficient (Wildman–Crippen LogP) is 1.10. The van der Waals surface area contributed by atoms with Crippen molar-refractivity contribution in [2.24, 2.45) is 7.05 Å². The van der Waals surface area contributed by atoms with Crippen LogP contribution in [0.25, 0.3) is 5.82 Å². The average molecular weight is 351 g/mol. The second kappa shape index (κ2) is 6.43. The number of rotatable bonds is 4. The van der Waals surface area contributed by atoms with Gasteiger partial charge in [-0.1, -0.05) is 6.07 Å². The van der Waals surface area contributed by atoms with Crippen molar-refractivity contribution < 1.29 is 9.59 Å². The molecule has 9 heteroatoms. The molecule has 4 rings (SSSR count). The number of anilines is 1. The zero-order valence-corrected chi connectivity index (χ0v) is 14.2. The van der Waals surface area contributed by atoms with Crippen LogP contribution in [0.15, 0.2) is 42.9 Å². The summed E-state index contributed by atoms with van der Waals surface area (Å²) in [6.07, 6.45) is 5.78. The maximum atomic E-state index is 12.7. The molecular weight excluding hydrogens is 334 g/mol. The molecule has 0 bridgehead atoms. The van der Waals surface area contributed by atoms with Crippen LogP contribution in [0.2, 0.25) is 0 Å². The van der Waals surface area contributed by atoms with E-state index in [2.05, 4.69) is 20.5 Å². The molecule has 1 saturated heterocycles. The number of nitrogens with zero attached hydrogens (tertiary/aromatic N) is 6. The maximum Gasteiger partial charge on any atom is 0.275 e. The molecule has 0 aromatic carbocycles. The molecule has 4 heterocycles. The van der Waals surface area contributed by atoms with Crippen LogP contribution in [0, 0.1) is 0 Å². The van der Waals surface area contributed by atoms with E-state index >= 15 is 0 Å². The van der Waals surface area contributed by atoms with Gasteiger partial charge >= 0.3 is 0 Å². The normalized spacial score (nSPS) is 13.3. The minimum absolute atomic E-state index is 0.173. The van der Waals surface area contributed by atoms with E-state index in [1.165, 1.54) is 10.9 Å². The monoisotopic (exact) mass is 351 g/mol. The maximum absolute atomic E-state index is 12.7. The van der Waals surface area contributed by atoms with Crippen LogP contribution >= 0.6 is 0 Å². The number of likely N-dealkylation sites (tertiary alicyclic amines) is 1. The topological polar surface area (TPSA) is 97.9 Å². The highest BCUT2D eigenvalue weighted by Crippen LogP contribution is 2.17. The second-order valence-corrected chi connectivity index (χ2v) is 5.96. The SMILES string of the molecule is Cn1ncc(C(=O)N2CCC2)c1C(=O)Nc1ccn(-c2ccccn2)n1. The van der Waals surface area contributed by atoms with Gasteiger partial charge in [0.15, 0.2) is 11.6 Å². The van der Waals surface area contributed by atoms with Crippen LogP contribution in [0.3, 0.4) is 0 Å². The van der Waals surface area contributed by atoms with E-state index in [0.29, 0.717) is 30.3 Å². The van der Waals surface area contributed by atoms with E-state index in [1.807, 2.05) is 18.2 Å². The van der Waals surface area contributed by atoms with Gasteiger partial charge in [-0.2, -0.15) is 5.10 Å². The Morgan fingerprint density at radius 1 is 1.19 bits per heavy atom. The number of hydrogen-bond donors (Lipinski definition) is 1. The molecule has 0 saturated carbocycles. The Hall–Kier alpha value is -3.49. The lowest BCUT2D eigenvalue weighted by Crippen LogP contribution is -2.42. The first-order chi connectivity index (χ1) is 12.6. The van der Waals surface area contributed by atoms with Crippen molar-refractivity contribution in [2.45, 2.75) is 6.42 Å². The molecule has 2 amide bonds. The number of carbonyl (C=O) groups is 2. The summed E-state index contributed by atoms with van der Waals surface area (Å²) < 4.78 is 2.96. The number of pyridine rings is 1. The molecule has 3 aromatic rings. The minimum Gasteiger partial charge on any atom is -0.338 e. The summed E-state index contributed by atoms with van der Waals surface area (Å²) in [6, 6.07) is 7.14. The number of amides is 2. The molecule has 1 fully saturated rings. The molecule has 3 aromatic heterocycles. The van der Waals surface area contributed by atoms with Crippen molar-refractivity contribution >= 4 is 17.6 Å². The van der Waals surface area contributed by atoms with Crippen molar-refractivity contribution in [3.8, 4) is 5.82 Å². The smallest absolute Gasteiger partial charge is 0.275 e. The lowest BCUT2D eigenvalue weighted by molar-refractivity contribution is 0.0648. The molecule has 9 nitrogen and oxygen atoms in total. The first-order valence-corrected chi connectivity index (χ1v) is 8.23. The lowest BCUT2D eigenvalue weighted by Gasteiger charge is -2.30. The van der Waals surface area contributed by atoms with E-state index in [4.69, 9.17) is 0 Å². The second-order valence-electron chi connectivity index (χ2n) is 5.96. The van der Waals surface area contributed by atoms with Gasteiger partial charge in [-0.3, -0.25) is 14.3 Å². The fourth-order valence-corrected chi connectivity index (χ4v) is 2.74. The number of aromatic nitrogens is 5. The van der Waals surface area contributed by atoms with E-state index in [1.54, 1.807) is 35.1 Å². The number of carbonyl (C=O) groups excluding carboxylic acids is 2. The Kier molecular flexibility index (Phi) is 3.96. The Morgan fingerprint density at radius 3 is 2.73 bits per heavy atom. The highest BCUT2D eigenvalue weighted by molar-refractivity contribution is 6.10. The summed E-state index contributed by atoms with van der Waals surface area (Å²) in [5, 5.41) is 11.1. The Labute approximate surface area is 149 Å². The summed E-state index contributed by atoms with van der Waals surface area (Å²) in [4.78, 5) is 31.1. The first-order valence-electron chi connectivity index (χ1n) is 8.23. The third kappa shape index (κ3) is 2.83. The summed E-state index contributed by atoms with van der Waals surface area (Å²) in [7, 11) is 1.63. The fraction of sp³-hybridized carbons (Fsp3) is 0.235. The summed E-state index contributed by atoms with van der Waals surface area (Å²) in [6.45, 7) is 1.42. The molecule has 132 valence electrons. The largest absolute Gasteiger partial charge is 0.338 e. The van der Waals surface area contributed by atoms with Gasteiger partial charge in [0.05, 0.1) is 11.8 Å². The van der Waals surface area contributed by atoms with E-state index in [-0.39, 0.29) is 11.6 Å². The third-order valence-corrected chi connectivity index (χ3v) is 4.24. The van der Waals surface area contributed by atoms with Crippen LogP contribution in [0.1, 0.15) is 27.3 Å². The van der Waals surface area contributed by atoms with Crippen LogP contribution in [0.5, 0.6) is 0 Å². The fourth-order valence-electron chi connectivity index (χ4n) is 2.74. The zero-order chi connectivity index (χ0) is 18.1. The highest BCUT2D eigenvalue weighted by atomic mass is 16.2. The molecular formula is C17H17N7O2. The van der Waals surface area contributed by atoms with E-state index in [0.717, 1.165) is 6.42 Å². The van der Waals surface area contributed by atoms with Gasteiger partial charge in [-0.05, 0) is 18.6 Å². The minimum atomic E-state index is -0.430. The molecule has 1 aliphatic rings. The Bertz CT molecular complexity index is 957. The third-order valence-electron chi connectivity index (χ3n) is 4.24. The molecule has 0 unspecified atom stereocenters. The number of nitrogens with one attached hydrogen (secondary N) is 1. The summed E-state index contributed by atoms with van der Waals surface area (Å²) in [5.74, 6) is 0.403. The average Bonchev–Trinajstić information content (AvgIpc) is 3.20. The molecule has 1 N–H and O–H groups in total. The highest BCUT2D eigenvalue weighted by Gasteiger charge is 2.28. The molecule has 0 atom stereocenters. The van der Waals surface area contributed by atoms with Crippen LogP contribution in [-0.4, -0.2) is 54.3 Å². The summed E-state index contributed by atoms with van der Waals surface area (Å²) in [5.41, 5.74) is 0.517.